The fourth-order valence-electron chi connectivity index (χ4n) is 5.35. The highest BCUT2D eigenvalue weighted by Crippen LogP contribution is 2.51. The van der Waals surface area contributed by atoms with Gasteiger partial charge >= 0.3 is 12.1 Å². The number of anilines is 1. The number of amides is 1. The number of esters is 1. The van der Waals surface area contributed by atoms with E-state index in [1.807, 2.05) is 0 Å². The normalized spacial score (nSPS) is 16.4. The summed E-state index contributed by atoms with van der Waals surface area (Å²) in [7, 11) is 1.26. The lowest BCUT2D eigenvalue weighted by Gasteiger charge is -2.25. The lowest BCUT2D eigenvalue weighted by Crippen LogP contribution is -2.40. The van der Waals surface area contributed by atoms with Crippen molar-refractivity contribution in [3.8, 4) is 5.75 Å². The van der Waals surface area contributed by atoms with Gasteiger partial charge in [0.1, 0.15) is 5.75 Å². The maximum absolute atomic E-state index is 16.9. The van der Waals surface area contributed by atoms with E-state index in [1.165, 1.54) is 25.3 Å². The Bertz CT molecular complexity index is 1510. The average Bonchev–Trinajstić information content (AvgIpc) is 3.25. The Kier molecular flexibility index (Phi) is 10.8. The lowest BCUT2D eigenvalue weighted by atomic mass is 9.88. The highest BCUT2D eigenvalue weighted by Gasteiger charge is 2.55. The minimum absolute atomic E-state index is 0.0327. The second kappa shape index (κ2) is 14.2. The summed E-state index contributed by atoms with van der Waals surface area (Å²) in [5, 5.41) is 0.0864. The molecule has 3 aromatic carbocycles. The van der Waals surface area contributed by atoms with Crippen molar-refractivity contribution in [3.05, 3.63) is 93.5 Å². The number of methoxy groups -OCH3 is 1. The highest BCUT2D eigenvalue weighted by molar-refractivity contribution is 6.30. The predicted octanol–water partition coefficient (Wildman–Crippen LogP) is 6.91. The molecule has 1 aliphatic rings. The van der Waals surface area contributed by atoms with Gasteiger partial charge in [-0.3, -0.25) is 14.6 Å². The van der Waals surface area contributed by atoms with Crippen LogP contribution in [0, 0.1) is 0 Å². The van der Waals surface area contributed by atoms with Crippen LogP contribution in [0.4, 0.5) is 23.2 Å². The van der Waals surface area contributed by atoms with Gasteiger partial charge in [0.25, 0.3) is 5.91 Å². The first kappa shape index (κ1) is 34.2. The van der Waals surface area contributed by atoms with Crippen LogP contribution in [0.15, 0.2) is 60.7 Å². The molecule has 0 saturated carbocycles. The molecule has 1 atom stereocenters. The Hall–Kier alpha value is -3.67. The van der Waals surface area contributed by atoms with Crippen LogP contribution >= 0.6 is 11.6 Å². The number of alkyl halides is 4. The second-order valence-electron chi connectivity index (χ2n) is 10.6. The molecule has 0 N–H and O–H groups in total. The largest absolute Gasteiger partial charge is 0.496 e. The van der Waals surface area contributed by atoms with Crippen LogP contribution in [0.3, 0.4) is 0 Å². The van der Waals surface area contributed by atoms with Gasteiger partial charge in [0.05, 0.1) is 23.9 Å². The number of carbonyl (C=O) groups is 2. The molecule has 0 bridgehead atoms. The molecule has 4 rings (SSSR count). The minimum atomic E-state index is -4.77. The number of hydrogen-bond acceptors (Lipinski definition) is 6. The van der Waals surface area contributed by atoms with Gasteiger partial charge in [0.2, 0.25) is 5.67 Å². The van der Waals surface area contributed by atoms with Gasteiger partial charge in [0.15, 0.2) is 6.73 Å². The van der Waals surface area contributed by atoms with Crippen molar-refractivity contribution < 1.29 is 36.6 Å². The molecule has 45 heavy (non-hydrogen) atoms. The standard InChI is InChI=1S/C33H36ClF4N3O4/c1-5-39(6-2)16-17-40(7-3)20-22-8-10-23(11-9-22)30(42)45-21-41-28-18-24(33(36,37)38)12-14-26(28)32(35,31(41)43)27-19-25(34)13-15-29(27)44-4/h8-15,18-19H,5-7,16-17,20-21H2,1-4H3/t32-/m0/s1. The zero-order chi connectivity index (χ0) is 32.9. The summed E-state index contributed by atoms with van der Waals surface area (Å²) in [4.78, 5) is 31.9. The third kappa shape index (κ3) is 7.26. The van der Waals surface area contributed by atoms with E-state index in [0.717, 1.165) is 44.4 Å². The zero-order valence-electron chi connectivity index (χ0n) is 25.6. The molecule has 0 unspecified atom stereocenters. The molecule has 7 nitrogen and oxygen atoms in total. The smallest absolute Gasteiger partial charge is 0.416 e. The first-order valence-electron chi connectivity index (χ1n) is 14.6. The summed E-state index contributed by atoms with van der Waals surface area (Å²) in [6.07, 6.45) is -4.77. The number of carbonyl (C=O) groups excluding carboxylic acids is 2. The molecule has 0 aliphatic carbocycles. The van der Waals surface area contributed by atoms with Gasteiger partial charge in [0, 0.05) is 35.8 Å². The molecule has 3 aromatic rings. The Morgan fingerprint density at radius 3 is 2.16 bits per heavy atom. The summed E-state index contributed by atoms with van der Waals surface area (Å²) in [6.45, 7) is 10.8. The molecule has 12 heteroatoms. The van der Waals surface area contributed by atoms with E-state index in [0.29, 0.717) is 23.6 Å². The number of nitrogens with zero attached hydrogens (tertiary/aromatic N) is 3. The van der Waals surface area contributed by atoms with Crippen molar-refractivity contribution in [2.45, 2.75) is 39.2 Å². The number of rotatable bonds is 13. The molecule has 0 aromatic heterocycles. The Labute approximate surface area is 265 Å². The van der Waals surface area contributed by atoms with Crippen LogP contribution in [-0.4, -0.2) is 68.2 Å². The molecule has 1 aliphatic heterocycles. The number of fused-ring (bicyclic) bond motifs is 1. The highest BCUT2D eigenvalue weighted by atomic mass is 35.5. The Balaban J connectivity index is 1.55. The number of likely N-dealkylation sites (N-methyl/N-ethyl adjacent to an activating group) is 2. The third-order valence-electron chi connectivity index (χ3n) is 8.05. The summed E-state index contributed by atoms with van der Waals surface area (Å²) in [5.74, 6) is -2.10. The van der Waals surface area contributed by atoms with Crippen molar-refractivity contribution in [1.29, 1.82) is 0 Å². The van der Waals surface area contributed by atoms with Gasteiger partial charge in [-0.15, -0.1) is 0 Å². The van der Waals surface area contributed by atoms with Gasteiger partial charge in [-0.2, -0.15) is 13.2 Å². The van der Waals surface area contributed by atoms with Crippen molar-refractivity contribution in [3.63, 3.8) is 0 Å². The van der Waals surface area contributed by atoms with E-state index >= 15 is 4.39 Å². The van der Waals surface area contributed by atoms with Gasteiger partial charge < -0.3 is 14.4 Å². The van der Waals surface area contributed by atoms with E-state index in [-0.39, 0.29) is 33.1 Å². The molecule has 0 fully saturated rings. The number of ether oxygens (including phenoxy) is 2. The molecule has 1 heterocycles. The van der Waals surface area contributed by atoms with Crippen molar-refractivity contribution in [1.82, 2.24) is 9.80 Å². The predicted molar refractivity (Wildman–Crippen MR) is 164 cm³/mol. The van der Waals surface area contributed by atoms with Gasteiger partial charge in [-0.1, -0.05) is 50.6 Å². The number of benzene rings is 3. The monoisotopic (exact) mass is 649 g/mol. The average molecular weight is 650 g/mol. The van der Waals surface area contributed by atoms with Gasteiger partial charge in [-0.25, -0.2) is 9.18 Å². The molecule has 0 saturated heterocycles. The molecule has 0 radical (unpaired) electrons. The van der Waals surface area contributed by atoms with Crippen molar-refractivity contribution >= 4 is 29.2 Å². The zero-order valence-corrected chi connectivity index (χ0v) is 26.3. The first-order valence-corrected chi connectivity index (χ1v) is 15.0. The molecule has 0 spiro atoms. The Morgan fingerprint density at radius 2 is 1.56 bits per heavy atom. The number of hydrogen-bond donors (Lipinski definition) is 0. The lowest BCUT2D eigenvalue weighted by molar-refractivity contribution is -0.137. The quantitative estimate of drug-likeness (QED) is 0.148. The Morgan fingerprint density at radius 1 is 0.911 bits per heavy atom. The van der Waals surface area contributed by atoms with Gasteiger partial charge in [-0.05, 0) is 67.7 Å². The topological polar surface area (TPSA) is 62.3 Å². The fourth-order valence-corrected chi connectivity index (χ4v) is 5.53. The van der Waals surface area contributed by atoms with E-state index in [2.05, 4.69) is 30.6 Å². The van der Waals surface area contributed by atoms with E-state index < -0.39 is 36.0 Å². The summed E-state index contributed by atoms with van der Waals surface area (Å²) < 4.78 is 68.4. The molecule has 242 valence electrons. The van der Waals surface area contributed by atoms with Crippen LogP contribution in [0.5, 0.6) is 5.75 Å². The van der Waals surface area contributed by atoms with E-state index in [4.69, 9.17) is 21.1 Å². The fraction of sp³-hybridized carbons (Fsp3) is 0.394. The summed E-state index contributed by atoms with van der Waals surface area (Å²) in [6, 6.07) is 13.0. The van der Waals surface area contributed by atoms with Crippen LogP contribution in [0.1, 0.15) is 53.4 Å². The minimum Gasteiger partial charge on any atom is -0.496 e. The van der Waals surface area contributed by atoms with Crippen LogP contribution in [0.25, 0.3) is 0 Å². The molecular weight excluding hydrogens is 614 g/mol. The maximum Gasteiger partial charge on any atom is 0.416 e. The number of halogens is 5. The van der Waals surface area contributed by atoms with Crippen LogP contribution in [-0.2, 0) is 27.9 Å². The van der Waals surface area contributed by atoms with Crippen LogP contribution < -0.4 is 9.64 Å². The molecular formula is C33H36ClF4N3O4. The maximum atomic E-state index is 16.9. The SMILES string of the molecule is CCN(CC)CCN(CC)Cc1ccc(C(=O)OCN2C(=O)[C@@](F)(c3cc(Cl)ccc3OC)c3ccc(C(F)(F)F)cc32)cc1. The summed E-state index contributed by atoms with van der Waals surface area (Å²) >= 11 is 6.10. The second-order valence-corrected chi connectivity index (χ2v) is 11.1. The van der Waals surface area contributed by atoms with Crippen LogP contribution in [0.2, 0.25) is 5.02 Å². The third-order valence-corrected chi connectivity index (χ3v) is 8.29. The van der Waals surface area contributed by atoms with E-state index in [9.17, 15) is 22.8 Å². The van der Waals surface area contributed by atoms with Crippen molar-refractivity contribution in [2.24, 2.45) is 0 Å². The molecule has 1 amide bonds. The van der Waals surface area contributed by atoms with E-state index in [1.54, 1.807) is 24.3 Å². The summed E-state index contributed by atoms with van der Waals surface area (Å²) in [5.41, 5.74) is -3.93. The van der Waals surface area contributed by atoms with Crippen molar-refractivity contribution in [2.75, 3.05) is 51.5 Å². The first-order chi connectivity index (χ1) is 21.4.